The normalized spacial score (nSPS) is 13.5. The van der Waals surface area contributed by atoms with Crippen molar-refractivity contribution in [3.05, 3.63) is 85.1 Å². The van der Waals surface area contributed by atoms with Gasteiger partial charge in [0.15, 0.2) is 12.1 Å². The Balaban J connectivity index is 4.24. The number of carboxylic acids is 1. The van der Waals surface area contributed by atoms with Gasteiger partial charge in [-0.05, 0) is 83.5 Å². The second kappa shape index (κ2) is 48.9. The monoisotopic (exact) mass is 937 g/mol. The Morgan fingerprint density at radius 1 is 0.448 bits per heavy atom. The Bertz CT molecular complexity index is 1370. The summed E-state index contributed by atoms with van der Waals surface area (Å²) < 4.78 is 17.4. The van der Waals surface area contributed by atoms with Gasteiger partial charge in [-0.25, -0.2) is 4.79 Å². The molecule has 0 saturated carbocycles. The molecule has 2 unspecified atom stereocenters. The first-order valence-electron chi connectivity index (χ1n) is 27.1. The van der Waals surface area contributed by atoms with Crippen LogP contribution < -0.4 is 0 Å². The van der Waals surface area contributed by atoms with E-state index in [0.29, 0.717) is 19.3 Å². The number of allylic oxidation sites excluding steroid dienone is 14. The zero-order valence-electron chi connectivity index (χ0n) is 43.8. The van der Waals surface area contributed by atoms with Gasteiger partial charge < -0.3 is 23.8 Å². The number of nitrogens with zero attached hydrogens (tertiary/aromatic N) is 1. The first-order valence-corrected chi connectivity index (χ1v) is 27.1. The molecule has 0 saturated heterocycles. The summed E-state index contributed by atoms with van der Waals surface area (Å²) in [6.07, 6.45) is 64.9. The van der Waals surface area contributed by atoms with Crippen LogP contribution in [-0.4, -0.2) is 80.6 Å². The highest BCUT2D eigenvalue weighted by atomic mass is 16.6. The van der Waals surface area contributed by atoms with E-state index in [1.807, 2.05) is 21.1 Å². The van der Waals surface area contributed by atoms with Gasteiger partial charge in [0.25, 0.3) is 0 Å². The molecule has 8 heteroatoms. The minimum absolute atomic E-state index is 0.0518. The van der Waals surface area contributed by atoms with Crippen molar-refractivity contribution >= 4 is 17.9 Å². The molecule has 2 atom stereocenters. The molecule has 0 heterocycles. The zero-order valence-corrected chi connectivity index (χ0v) is 43.8. The molecule has 0 aromatic rings. The molecule has 0 fully saturated rings. The molecule has 0 spiro atoms. The van der Waals surface area contributed by atoms with Crippen molar-refractivity contribution in [2.24, 2.45) is 0 Å². The third kappa shape index (κ3) is 47.4. The first kappa shape index (κ1) is 63.5. The Morgan fingerprint density at radius 3 is 1.16 bits per heavy atom. The summed E-state index contributed by atoms with van der Waals surface area (Å²) in [5, 5.41) is 9.67. The van der Waals surface area contributed by atoms with Crippen molar-refractivity contribution < 1.29 is 38.2 Å². The van der Waals surface area contributed by atoms with Gasteiger partial charge in [-0.1, -0.05) is 202 Å². The van der Waals surface area contributed by atoms with Crippen LogP contribution in [0.25, 0.3) is 0 Å². The van der Waals surface area contributed by atoms with Crippen LogP contribution in [0.15, 0.2) is 85.1 Å². The van der Waals surface area contributed by atoms with Crippen molar-refractivity contribution in [2.75, 3.05) is 41.0 Å². The maximum Gasteiger partial charge on any atom is 0.362 e. The van der Waals surface area contributed by atoms with E-state index in [2.05, 4.69) is 98.9 Å². The topological polar surface area (TPSA) is 99.1 Å². The van der Waals surface area contributed by atoms with Gasteiger partial charge in [-0.15, -0.1) is 0 Å². The summed E-state index contributed by atoms with van der Waals surface area (Å²) in [7, 11) is 5.53. The van der Waals surface area contributed by atoms with Crippen molar-refractivity contribution in [1.29, 1.82) is 0 Å². The molecule has 67 heavy (non-hydrogen) atoms. The van der Waals surface area contributed by atoms with Gasteiger partial charge in [0.1, 0.15) is 6.61 Å². The number of hydrogen-bond acceptors (Lipinski definition) is 6. The summed E-state index contributed by atoms with van der Waals surface area (Å²) in [6, 6.07) is -0.622. The number of esters is 2. The number of unbranched alkanes of at least 4 members (excludes halogenated alkanes) is 20. The van der Waals surface area contributed by atoms with Crippen LogP contribution in [0.1, 0.15) is 219 Å². The number of carbonyl (C=O) groups is 3. The van der Waals surface area contributed by atoms with E-state index in [-0.39, 0.29) is 36.2 Å². The molecule has 0 aromatic heterocycles. The van der Waals surface area contributed by atoms with Gasteiger partial charge in [0, 0.05) is 19.3 Å². The molecule has 0 aliphatic rings. The molecule has 0 radical (unpaired) electrons. The Labute approximate surface area is 412 Å². The molecular formula is C59H102NO7+. The molecule has 0 aliphatic carbocycles. The third-order valence-electron chi connectivity index (χ3n) is 11.8. The van der Waals surface area contributed by atoms with Gasteiger partial charge in [-0.2, -0.15) is 0 Å². The number of carbonyl (C=O) groups excluding carboxylic acids is 2. The molecule has 0 aliphatic heterocycles. The highest BCUT2D eigenvalue weighted by Gasteiger charge is 2.31. The predicted octanol–water partition coefficient (Wildman–Crippen LogP) is 16.0. The molecule has 8 nitrogen and oxygen atoms in total. The number of ether oxygens (including phenoxy) is 3. The Hall–Kier alpha value is -3.49. The fourth-order valence-corrected chi connectivity index (χ4v) is 7.69. The van der Waals surface area contributed by atoms with Crippen molar-refractivity contribution in [3.8, 4) is 0 Å². The first-order chi connectivity index (χ1) is 32.6. The third-order valence-corrected chi connectivity index (χ3v) is 11.8. The molecule has 384 valence electrons. The summed E-state index contributed by atoms with van der Waals surface area (Å²) in [5.74, 6) is -1.49. The Morgan fingerprint density at radius 2 is 0.791 bits per heavy atom. The maximum absolute atomic E-state index is 12.8. The lowest BCUT2D eigenvalue weighted by atomic mass is 10.0. The van der Waals surface area contributed by atoms with E-state index in [1.54, 1.807) is 0 Å². The lowest BCUT2D eigenvalue weighted by molar-refractivity contribution is -0.887. The summed E-state index contributed by atoms with van der Waals surface area (Å²) >= 11 is 0. The standard InChI is InChI=1S/C59H101NO7/c1-6-8-10-12-14-16-18-20-22-24-26-28-30-32-34-36-38-40-42-44-46-48-50-58(62)67-55(53-65-52-51-56(59(63)64)60(3,4)5)54-66-57(61)49-47-45-43-41-39-37-35-33-31-29-27-25-23-21-19-17-15-13-11-9-7-2/h8-11,14-17,20,22,26,28,32,34,55-56H,6-7,12-13,18-19,21,23-25,27,29-31,33,35-54H2,1-5H3/p+1/b10-8+,11-9+,16-14+,17-15+,22-20+,28-26+,34-32+. The number of rotatable bonds is 48. The van der Waals surface area contributed by atoms with Crippen molar-refractivity contribution in [1.82, 2.24) is 0 Å². The predicted molar refractivity (Wildman–Crippen MR) is 284 cm³/mol. The average molecular weight is 937 g/mol. The summed E-state index contributed by atoms with van der Waals surface area (Å²) in [4.78, 5) is 37.2. The number of quaternary nitrogens is 1. The Kier molecular flexibility index (Phi) is 46.4. The van der Waals surface area contributed by atoms with Crippen molar-refractivity contribution in [3.63, 3.8) is 0 Å². The van der Waals surface area contributed by atoms with E-state index in [9.17, 15) is 19.5 Å². The lowest BCUT2D eigenvalue weighted by Crippen LogP contribution is -2.50. The minimum atomic E-state index is -0.879. The van der Waals surface area contributed by atoms with Crippen LogP contribution in [-0.2, 0) is 28.6 Å². The molecule has 0 rings (SSSR count). The van der Waals surface area contributed by atoms with Crippen LogP contribution in [0, 0.1) is 0 Å². The maximum atomic E-state index is 12.8. The van der Waals surface area contributed by atoms with Gasteiger partial charge in [0.2, 0.25) is 0 Å². The van der Waals surface area contributed by atoms with Crippen LogP contribution in [0.4, 0.5) is 0 Å². The summed E-state index contributed by atoms with van der Waals surface area (Å²) in [5.41, 5.74) is 0. The molecule has 0 amide bonds. The largest absolute Gasteiger partial charge is 0.477 e. The molecular weight excluding hydrogens is 835 g/mol. The van der Waals surface area contributed by atoms with E-state index in [0.717, 1.165) is 96.3 Å². The lowest BCUT2D eigenvalue weighted by Gasteiger charge is -2.31. The van der Waals surface area contributed by atoms with E-state index in [1.165, 1.54) is 89.9 Å². The quantitative estimate of drug-likeness (QED) is 0.0281. The average Bonchev–Trinajstić information content (AvgIpc) is 3.29. The number of hydrogen-bond donors (Lipinski definition) is 1. The summed E-state index contributed by atoms with van der Waals surface area (Å²) in [6.45, 7) is 4.52. The van der Waals surface area contributed by atoms with E-state index in [4.69, 9.17) is 14.2 Å². The number of carboxylic acid groups (broad SMARTS) is 1. The minimum Gasteiger partial charge on any atom is -0.477 e. The highest BCUT2D eigenvalue weighted by molar-refractivity contribution is 5.72. The second-order valence-corrected chi connectivity index (χ2v) is 19.1. The van der Waals surface area contributed by atoms with Crippen LogP contribution in [0.3, 0.4) is 0 Å². The molecule has 0 bridgehead atoms. The number of aliphatic carboxylic acids is 1. The smallest absolute Gasteiger partial charge is 0.362 e. The fourth-order valence-electron chi connectivity index (χ4n) is 7.69. The SMILES string of the molecule is CC/C=C/C/C=C/C/C=C/C/C=C/C/C=C/CCCCCCCCC(=O)OC(COCCC(C(=O)O)[N+](C)(C)C)COC(=O)CCCCCCCCCCCCCCCC/C=C/C/C=C/CC. The van der Waals surface area contributed by atoms with Gasteiger partial charge in [-0.3, -0.25) is 9.59 Å². The van der Waals surface area contributed by atoms with E-state index < -0.39 is 18.1 Å². The van der Waals surface area contributed by atoms with Crippen LogP contribution >= 0.6 is 0 Å². The highest BCUT2D eigenvalue weighted by Crippen LogP contribution is 2.16. The van der Waals surface area contributed by atoms with Gasteiger partial charge >= 0.3 is 17.9 Å². The van der Waals surface area contributed by atoms with Crippen LogP contribution in [0.2, 0.25) is 0 Å². The van der Waals surface area contributed by atoms with E-state index >= 15 is 0 Å². The molecule has 1 N–H and O–H groups in total. The van der Waals surface area contributed by atoms with Gasteiger partial charge in [0.05, 0.1) is 34.4 Å². The zero-order chi connectivity index (χ0) is 49.2. The second-order valence-electron chi connectivity index (χ2n) is 19.1. The molecule has 0 aromatic carbocycles. The number of likely N-dealkylation sites (N-methyl/N-ethyl adjacent to an activating group) is 1. The van der Waals surface area contributed by atoms with Crippen molar-refractivity contribution in [2.45, 2.75) is 231 Å². The van der Waals surface area contributed by atoms with Crippen LogP contribution in [0.5, 0.6) is 0 Å². The fraction of sp³-hybridized carbons (Fsp3) is 0.712.